The molecule has 270 valence electrons. The van der Waals surface area contributed by atoms with E-state index in [0.717, 1.165) is 30.9 Å². The van der Waals surface area contributed by atoms with E-state index in [0.29, 0.717) is 34.2 Å². The Labute approximate surface area is 300 Å². The standard InChI is InChI=1S/C37H43ClF2N8O3/c1-34(2,3)20-37(25-8-5-22(6-9-25)24-17-44-47(18-24)26-10-11-26)32(50)48(33(41)45-37)29(19-51-30(49)16-36(13-14-36)35(4,39)40)23-7-12-28(38)27(15-23)31-42-21-43-46-31/h5-9,12,15,17-18,21,26,29,31,46H,10-11,13-14,16,19-20H2,1-4H3,(H2,41,45)(H,42,43)/t29-,31?,37-/m1/s1. The Hall–Kier alpha value is -4.36. The van der Waals surface area contributed by atoms with E-state index in [9.17, 15) is 13.6 Å². The lowest BCUT2D eigenvalue weighted by atomic mass is 9.75. The lowest BCUT2D eigenvalue weighted by Gasteiger charge is -2.35. The number of esters is 1. The largest absolute Gasteiger partial charge is 0.463 e. The van der Waals surface area contributed by atoms with E-state index < -0.39 is 41.5 Å². The number of guanidine groups is 1. The molecule has 11 nitrogen and oxygen atoms in total. The molecule has 0 saturated heterocycles. The molecular formula is C37H43ClF2N8O3. The Bertz CT molecular complexity index is 1890. The number of rotatable bonds is 12. The number of nitrogens with one attached hydrogen (secondary N) is 2. The van der Waals surface area contributed by atoms with Crippen molar-refractivity contribution in [3.05, 3.63) is 76.6 Å². The van der Waals surface area contributed by atoms with Crippen molar-refractivity contribution in [3.63, 3.8) is 0 Å². The number of benzene rings is 2. The summed E-state index contributed by atoms with van der Waals surface area (Å²) in [6.07, 6.45) is 7.50. The maximum atomic E-state index is 15.0. The van der Waals surface area contributed by atoms with Crippen LogP contribution >= 0.6 is 11.6 Å². The van der Waals surface area contributed by atoms with Crippen LogP contribution in [0, 0.1) is 10.8 Å². The average molecular weight is 721 g/mol. The Morgan fingerprint density at radius 3 is 2.45 bits per heavy atom. The number of ether oxygens (including phenoxy) is 1. The minimum atomic E-state index is -3.03. The van der Waals surface area contributed by atoms with E-state index in [-0.39, 0.29) is 36.7 Å². The van der Waals surface area contributed by atoms with Gasteiger partial charge in [-0.2, -0.15) is 5.10 Å². The van der Waals surface area contributed by atoms with Gasteiger partial charge < -0.3 is 15.9 Å². The highest BCUT2D eigenvalue weighted by Crippen LogP contribution is 2.59. The molecule has 1 amide bonds. The first-order valence-corrected chi connectivity index (χ1v) is 17.7. The van der Waals surface area contributed by atoms with Gasteiger partial charge in [-0.25, -0.2) is 24.2 Å². The molecule has 2 fully saturated rings. The van der Waals surface area contributed by atoms with Gasteiger partial charge in [0.05, 0.1) is 31.0 Å². The molecule has 7 rings (SSSR count). The molecule has 3 heterocycles. The highest BCUT2D eigenvalue weighted by Gasteiger charge is 2.60. The summed E-state index contributed by atoms with van der Waals surface area (Å²) in [4.78, 5) is 38.8. The van der Waals surface area contributed by atoms with Crippen LogP contribution in [0.15, 0.2) is 64.8 Å². The fourth-order valence-corrected chi connectivity index (χ4v) is 7.40. The number of hydrogen-bond acceptors (Lipinski definition) is 9. The number of nitrogens with two attached hydrogens (primary N) is 1. The molecule has 4 N–H and O–H groups in total. The first-order valence-electron chi connectivity index (χ1n) is 17.3. The number of nitrogens with zero attached hydrogens (tertiary/aromatic N) is 5. The van der Waals surface area contributed by atoms with Gasteiger partial charge in [0.25, 0.3) is 11.8 Å². The van der Waals surface area contributed by atoms with Gasteiger partial charge in [0.1, 0.15) is 12.8 Å². The van der Waals surface area contributed by atoms with Gasteiger partial charge in [0.15, 0.2) is 11.5 Å². The minimum absolute atomic E-state index is 0.0472. The molecule has 0 radical (unpaired) electrons. The van der Waals surface area contributed by atoms with Crippen LogP contribution in [0.1, 0.15) is 101 Å². The fraction of sp³-hybridized carbons (Fsp3) is 0.486. The lowest BCUT2D eigenvalue weighted by molar-refractivity contribution is -0.153. The van der Waals surface area contributed by atoms with E-state index in [2.05, 4.69) is 20.9 Å². The van der Waals surface area contributed by atoms with Crippen LogP contribution in [0.2, 0.25) is 5.02 Å². The van der Waals surface area contributed by atoms with E-state index in [1.165, 1.54) is 11.2 Å². The predicted octanol–water partition coefficient (Wildman–Crippen LogP) is 6.57. The third-order valence-electron chi connectivity index (χ3n) is 10.3. The summed E-state index contributed by atoms with van der Waals surface area (Å²) in [7, 11) is 0. The normalized spacial score (nSPS) is 23.3. The summed E-state index contributed by atoms with van der Waals surface area (Å²) in [5.41, 5.74) is 13.1. The third kappa shape index (κ3) is 6.85. The zero-order chi connectivity index (χ0) is 36.3. The number of aromatic nitrogens is 2. The molecule has 14 heteroatoms. The Morgan fingerprint density at radius 1 is 1.12 bits per heavy atom. The molecule has 0 spiro atoms. The summed E-state index contributed by atoms with van der Waals surface area (Å²) >= 11 is 6.59. The van der Waals surface area contributed by atoms with Crippen LogP contribution in [0.4, 0.5) is 8.78 Å². The van der Waals surface area contributed by atoms with Crippen LogP contribution in [-0.4, -0.2) is 51.4 Å². The Balaban J connectivity index is 1.23. The van der Waals surface area contributed by atoms with Crippen molar-refractivity contribution in [2.75, 3.05) is 6.61 Å². The molecule has 1 aromatic heterocycles. The second kappa shape index (κ2) is 12.7. The van der Waals surface area contributed by atoms with Gasteiger partial charge >= 0.3 is 5.97 Å². The highest BCUT2D eigenvalue weighted by molar-refractivity contribution is 6.31. The van der Waals surface area contributed by atoms with E-state index in [1.807, 2.05) is 62.1 Å². The zero-order valence-electron chi connectivity index (χ0n) is 29.1. The van der Waals surface area contributed by atoms with Crippen molar-refractivity contribution in [2.45, 2.75) is 95.9 Å². The van der Waals surface area contributed by atoms with Crippen LogP contribution < -0.4 is 16.6 Å². The number of carbonyl (C=O) groups excluding carboxylic acids is 2. The van der Waals surface area contributed by atoms with Crippen molar-refractivity contribution >= 4 is 35.8 Å². The van der Waals surface area contributed by atoms with Gasteiger partial charge in [-0.3, -0.25) is 19.2 Å². The Kier molecular flexibility index (Phi) is 8.73. The number of amides is 1. The number of halogens is 3. The third-order valence-corrected chi connectivity index (χ3v) is 10.7. The van der Waals surface area contributed by atoms with E-state index in [4.69, 9.17) is 27.1 Å². The first-order chi connectivity index (χ1) is 24.1. The van der Waals surface area contributed by atoms with Crippen LogP contribution in [-0.2, 0) is 19.9 Å². The SMILES string of the molecule is CC(C)(C)C[C@]1(c2ccc(-c3cnn(C4CC4)c3)cc2)N=C(N)N([C@H](COC(=O)CC2(C(C)(F)F)CC2)c2ccc(Cl)c(C3N=CNN3)c2)C1=O. The molecule has 0 bridgehead atoms. The summed E-state index contributed by atoms with van der Waals surface area (Å²) < 4.78 is 36.5. The average Bonchev–Trinajstić information content (AvgIpc) is 3.93. The molecular weight excluding hydrogens is 678 g/mol. The summed E-state index contributed by atoms with van der Waals surface area (Å²) in [6.45, 7) is 6.58. The first kappa shape index (κ1) is 35.1. The quantitative estimate of drug-likeness (QED) is 0.180. The topological polar surface area (TPSA) is 139 Å². The number of hydrazine groups is 1. The maximum Gasteiger partial charge on any atom is 0.306 e. The van der Waals surface area contributed by atoms with Crippen molar-refractivity contribution < 1.29 is 23.1 Å². The van der Waals surface area contributed by atoms with Gasteiger partial charge in [0.2, 0.25) is 0 Å². The number of aliphatic imine (C=N–C) groups is 2. The molecule has 3 aromatic rings. The smallest absolute Gasteiger partial charge is 0.306 e. The van der Waals surface area contributed by atoms with Gasteiger partial charge in [-0.15, -0.1) is 0 Å². The summed E-state index contributed by atoms with van der Waals surface area (Å²) in [6, 6.07) is 12.4. The van der Waals surface area contributed by atoms with Crippen LogP contribution in [0.3, 0.4) is 0 Å². The van der Waals surface area contributed by atoms with Crippen LogP contribution in [0.5, 0.6) is 0 Å². The molecule has 4 aliphatic rings. The van der Waals surface area contributed by atoms with Crippen molar-refractivity contribution in [1.29, 1.82) is 0 Å². The molecule has 1 unspecified atom stereocenters. The molecule has 2 aliphatic heterocycles. The molecule has 2 aliphatic carbocycles. The van der Waals surface area contributed by atoms with E-state index >= 15 is 4.79 Å². The molecule has 51 heavy (non-hydrogen) atoms. The van der Waals surface area contributed by atoms with Gasteiger partial charge in [0, 0.05) is 27.8 Å². The second-order valence-electron chi connectivity index (χ2n) is 15.6. The zero-order valence-corrected chi connectivity index (χ0v) is 29.9. The van der Waals surface area contributed by atoms with E-state index in [1.54, 1.807) is 18.2 Å². The summed E-state index contributed by atoms with van der Waals surface area (Å²) in [5.74, 6) is -4.24. The molecule has 3 atom stereocenters. The van der Waals surface area contributed by atoms with Crippen molar-refractivity contribution in [2.24, 2.45) is 26.5 Å². The van der Waals surface area contributed by atoms with Crippen molar-refractivity contribution in [1.82, 2.24) is 25.5 Å². The molecule has 2 saturated carbocycles. The highest BCUT2D eigenvalue weighted by atomic mass is 35.5. The maximum absolute atomic E-state index is 15.0. The Morgan fingerprint density at radius 2 is 1.84 bits per heavy atom. The monoisotopic (exact) mass is 720 g/mol. The van der Waals surface area contributed by atoms with Gasteiger partial charge in [-0.1, -0.05) is 62.7 Å². The van der Waals surface area contributed by atoms with Gasteiger partial charge in [-0.05, 0) is 73.3 Å². The van der Waals surface area contributed by atoms with Crippen LogP contribution in [0.25, 0.3) is 11.1 Å². The predicted molar refractivity (Wildman–Crippen MR) is 190 cm³/mol. The number of carbonyl (C=O) groups is 2. The summed E-state index contributed by atoms with van der Waals surface area (Å²) in [5, 5.41) is 4.94. The lowest BCUT2D eigenvalue weighted by Crippen LogP contribution is -2.47. The molecule has 2 aromatic carbocycles. The number of hydrogen-bond donors (Lipinski definition) is 3. The fourth-order valence-electron chi connectivity index (χ4n) is 7.18. The minimum Gasteiger partial charge on any atom is -0.463 e. The second-order valence-corrected chi connectivity index (χ2v) is 16.0. The number of alkyl halides is 2. The van der Waals surface area contributed by atoms with Crippen molar-refractivity contribution in [3.8, 4) is 11.1 Å².